The summed E-state index contributed by atoms with van der Waals surface area (Å²) in [6, 6.07) is 5.62. The van der Waals surface area contributed by atoms with Gasteiger partial charge in [0.15, 0.2) is 6.61 Å². The molecule has 1 saturated heterocycles. The van der Waals surface area contributed by atoms with E-state index in [0.29, 0.717) is 55.8 Å². The number of ether oxygens (including phenoxy) is 1. The van der Waals surface area contributed by atoms with E-state index in [1.54, 1.807) is 0 Å². The molecule has 1 atom stereocenters. The van der Waals surface area contributed by atoms with Crippen LogP contribution in [0.4, 0.5) is 5.69 Å². The highest BCUT2D eigenvalue weighted by molar-refractivity contribution is 5.81. The number of rotatable bonds is 10. The number of amidine groups is 1. The Morgan fingerprint density at radius 3 is 2.56 bits per heavy atom. The van der Waals surface area contributed by atoms with E-state index >= 15 is 0 Å². The molecule has 0 radical (unpaired) electrons. The first kappa shape index (κ1) is 25.5. The van der Waals surface area contributed by atoms with Crippen molar-refractivity contribution in [2.24, 2.45) is 5.92 Å². The first-order chi connectivity index (χ1) is 15.3. The van der Waals surface area contributed by atoms with Crippen molar-refractivity contribution in [2.45, 2.75) is 39.7 Å². The molecule has 0 saturated carbocycles. The van der Waals surface area contributed by atoms with Gasteiger partial charge in [-0.3, -0.25) is 10.2 Å². The molecule has 1 aliphatic heterocycles. The van der Waals surface area contributed by atoms with E-state index in [9.17, 15) is 4.79 Å². The van der Waals surface area contributed by atoms with Crippen LogP contribution in [0.3, 0.4) is 0 Å². The van der Waals surface area contributed by atoms with Gasteiger partial charge in [-0.1, -0.05) is 44.2 Å². The Kier molecular flexibility index (Phi) is 10.3. The van der Waals surface area contributed by atoms with Crippen molar-refractivity contribution in [1.82, 2.24) is 15.1 Å². The summed E-state index contributed by atoms with van der Waals surface area (Å²) in [6.45, 7) is 8.81. The van der Waals surface area contributed by atoms with Crippen LogP contribution in [0.5, 0.6) is 5.75 Å². The van der Waals surface area contributed by atoms with Crippen LogP contribution in [0.2, 0.25) is 0 Å². The molecular weight excluding hydrogens is 402 g/mol. The van der Waals surface area contributed by atoms with Crippen LogP contribution in [-0.2, 0) is 4.79 Å². The third kappa shape index (κ3) is 7.71. The minimum atomic E-state index is -0.0465. The van der Waals surface area contributed by atoms with E-state index in [2.05, 4.69) is 36.2 Å². The highest BCUT2D eigenvalue weighted by Gasteiger charge is 2.24. The average molecular weight is 442 g/mol. The van der Waals surface area contributed by atoms with Gasteiger partial charge in [0.05, 0.1) is 5.84 Å². The standard InChI is InChI=1S/C25H39N5O2/c1-5-8-21-22(26)11-7-12-23(21)32-18-25(31)30-15-13-29(14-16-30)24(27)17-20(28-4)10-6-9-19(2)3/h5-8,10-12,19-20,27-28H,9,13-18,26H2,1-4H3/b8-5-,10-6-,27-24?. The number of allylic oxidation sites excluding steroid dienone is 2. The molecule has 4 N–H and O–H groups in total. The fourth-order valence-electron chi connectivity index (χ4n) is 3.61. The number of benzene rings is 1. The molecule has 0 aliphatic carbocycles. The molecule has 7 nitrogen and oxygen atoms in total. The zero-order valence-corrected chi connectivity index (χ0v) is 19.9. The van der Waals surface area contributed by atoms with Crippen molar-refractivity contribution in [3.63, 3.8) is 0 Å². The van der Waals surface area contributed by atoms with Crippen molar-refractivity contribution in [3.8, 4) is 5.75 Å². The van der Waals surface area contributed by atoms with Crippen LogP contribution < -0.4 is 15.8 Å². The Morgan fingerprint density at radius 1 is 1.25 bits per heavy atom. The minimum Gasteiger partial charge on any atom is -0.483 e. The number of anilines is 1. The van der Waals surface area contributed by atoms with Gasteiger partial charge in [-0.15, -0.1) is 0 Å². The van der Waals surface area contributed by atoms with Crippen LogP contribution in [0.1, 0.15) is 39.2 Å². The number of likely N-dealkylation sites (N-methyl/N-ethyl adjacent to an activating group) is 1. The third-order valence-corrected chi connectivity index (χ3v) is 5.56. The number of nitrogens with zero attached hydrogens (tertiary/aromatic N) is 2. The van der Waals surface area contributed by atoms with Gasteiger partial charge in [-0.05, 0) is 38.4 Å². The van der Waals surface area contributed by atoms with Crippen LogP contribution in [0.15, 0.2) is 36.4 Å². The molecular formula is C25H39N5O2. The van der Waals surface area contributed by atoms with Gasteiger partial charge in [0.1, 0.15) is 5.75 Å². The first-order valence-electron chi connectivity index (χ1n) is 11.4. The molecule has 7 heteroatoms. The van der Waals surface area contributed by atoms with Gasteiger partial charge in [0.25, 0.3) is 5.91 Å². The lowest BCUT2D eigenvalue weighted by Crippen LogP contribution is -2.52. The number of nitrogens with two attached hydrogens (primary N) is 1. The summed E-state index contributed by atoms with van der Waals surface area (Å²) < 4.78 is 5.79. The molecule has 1 aliphatic rings. The molecule has 176 valence electrons. The largest absolute Gasteiger partial charge is 0.483 e. The van der Waals surface area contributed by atoms with Gasteiger partial charge in [-0.25, -0.2) is 0 Å². The zero-order chi connectivity index (χ0) is 23.5. The van der Waals surface area contributed by atoms with E-state index in [1.165, 1.54) is 0 Å². The van der Waals surface area contributed by atoms with E-state index in [0.717, 1.165) is 12.0 Å². The van der Waals surface area contributed by atoms with Gasteiger partial charge in [-0.2, -0.15) is 0 Å². The Balaban J connectivity index is 1.82. The maximum absolute atomic E-state index is 12.7. The lowest BCUT2D eigenvalue weighted by molar-refractivity contribution is -0.134. The summed E-state index contributed by atoms with van der Waals surface area (Å²) in [7, 11) is 1.93. The second-order valence-electron chi connectivity index (χ2n) is 8.52. The van der Waals surface area contributed by atoms with Gasteiger partial charge in [0.2, 0.25) is 0 Å². The van der Waals surface area contributed by atoms with Crippen LogP contribution in [0.25, 0.3) is 6.08 Å². The maximum atomic E-state index is 12.7. The van der Waals surface area contributed by atoms with Gasteiger partial charge in [0, 0.05) is 49.9 Å². The number of hydrogen-bond donors (Lipinski definition) is 3. The van der Waals surface area contributed by atoms with Crippen molar-refractivity contribution in [3.05, 3.63) is 42.0 Å². The zero-order valence-electron chi connectivity index (χ0n) is 19.9. The van der Waals surface area contributed by atoms with Crippen LogP contribution in [0, 0.1) is 11.3 Å². The summed E-state index contributed by atoms with van der Waals surface area (Å²) in [5.74, 6) is 1.81. The molecule has 1 unspecified atom stereocenters. The number of piperazine rings is 1. The molecule has 0 spiro atoms. The predicted molar refractivity (Wildman–Crippen MR) is 133 cm³/mol. The van der Waals surface area contributed by atoms with Crippen LogP contribution in [-0.4, -0.2) is 67.4 Å². The first-order valence-corrected chi connectivity index (χ1v) is 11.4. The normalized spacial score (nSPS) is 15.7. The van der Waals surface area contributed by atoms with Crippen molar-refractivity contribution in [2.75, 3.05) is 45.6 Å². The maximum Gasteiger partial charge on any atom is 0.260 e. The summed E-state index contributed by atoms with van der Waals surface area (Å²) >= 11 is 0. The van der Waals surface area contributed by atoms with Gasteiger partial charge < -0.3 is 25.6 Å². The average Bonchev–Trinajstić information content (AvgIpc) is 2.78. The molecule has 32 heavy (non-hydrogen) atoms. The molecule has 2 rings (SSSR count). The second-order valence-corrected chi connectivity index (χ2v) is 8.52. The van der Waals surface area contributed by atoms with Crippen molar-refractivity contribution >= 4 is 23.5 Å². The smallest absolute Gasteiger partial charge is 0.260 e. The van der Waals surface area contributed by atoms with Crippen molar-refractivity contribution < 1.29 is 9.53 Å². The number of amides is 1. The van der Waals surface area contributed by atoms with Crippen LogP contribution >= 0.6 is 0 Å². The minimum absolute atomic E-state index is 0.0199. The Labute approximate surface area is 192 Å². The predicted octanol–water partition coefficient (Wildman–Crippen LogP) is 3.38. The number of hydrogen-bond acceptors (Lipinski definition) is 5. The number of nitrogens with one attached hydrogen (secondary N) is 2. The molecule has 0 bridgehead atoms. The Bertz CT molecular complexity index is 811. The highest BCUT2D eigenvalue weighted by atomic mass is 16.5. The Hall–Kier alpha value is -2.80. The van der Waals surface area contributed by atoms with E-state index in [4.69, 9.17) is 15.9 Å². The number of carbonyl (C=O) groups is 1. The topological polar surface area (TPSA) is 94.7 Å². The monoisotopic (exact) mass is 441 g/mol. The fraction of sp³-hybridized carbons (Fsp3) is 0.520. The SMILES string of the molecule is C/C=C\c1c(N)cccc1OCC(=O)N1CCN(C(=N)CC(/C=C\CC(C)C)NC)CC1. The molecule has 1 heterocycles. The highest BCUT2D eigenvalue weighted by Crippen LogP contribution is 2.26. The summed E-state index contributed by atoms with van der Waals surface area (Å²) in [6.07, 6.45) is 9.82. The third-order valence-electron chi connectivity index (χ3n) is 5.56. The Morgan fingerprint density at radius 2 is 1.94 bits per heavy atom. The second kappa shape index (κ2) is 12.9. The lowest BCUT2D eigenvalue weighted by atomic mass is 10.1. The summed E-state index contributed by atoms with van der Waals surface area (Å²) in [5.41, 5.74) is 7.44. The molecule has 1 fully saturated rings. The summed E-state index contributed by atoms with van der Waals surface area (Å²) in [4.78, 5) is 16.5. The van der Waals surface area contributed by atoms with E-state index in [1.807, 2.05) is 49.2 Å². The lowest BCUT2D eigenvalue weighted by Gasteiger charge is -2.36. The fourth-order valence-corrected chi connectivity index (χ4v) is 3.61. The number of carbonyl (C=O) groups excluding carboxylic acids is 1. The quantitative estimate of drug-likeness (QED) is 0.224. The van der Waals surface area contributed by atoms with E-state index in [-0.39, 0.29) is 18.6 Å². The molecule has 0 aromatic heterocycles. The molecule has 1 amide bonds. The van der Waals surface area contributed by atoms with Crippen molar-refractivity contribution in [1.29, 1.82) is 5.41 Å². The van der Waals surface area contributed by atoms with E-state index < -0.39 is 0 Å². The number of nitrogen functional groups attached to an aromatic ring is 1. The summed E-state index contributed by atoms with van der Waals surface area (Å²) in [5, 5.41) is 11.8. The molecule has 1 aromatic carbocycles. The molecule has 1 aromatic rings. The van der Waals surface area contributed by atoms with Gasteiger partial charge >= 0.3 is 0 Å².